The Labute approximate surface area is 145 Å². The van der Waals surface area contributed by atoms with E-state index in [1.54, 1.807) is 0 Å². The van der Waals surface area contributed by atoms with Crippen molar-refractivity contribution in [3.8, 4) is 0 Å². The molecule has 1 aromatic carbocycles. The van der Waals surface area contributed by atoms with Crippen LogP contribution in [-0.4, -0.2) is 33.9 Å². The lowest BCUT2D eigenvalue weighted by atomic mass is 9.97. The van der Waals surface area contributed by atoms with Gasteiger partial charge in [-0.15, -0.1) is 0 Å². The van der Waals surface area contributed by atoms with E-state index in [2.05, 4.69) is 9.97 Å². The van der Waals surface area contributed by atoms with Gasteiger partial charge in [-0.2, -0.15) is 0 Å². The van der Waals surface area contributed by atoms with Gasteiger partial charge >= 0.3 is 0 Å². The average Bonchev–Trinajstić information content (AvgIpc) is 3.24. The molecule has 3 aromatic rings. The lowest BCUT2D eigenvalue weighted by Gasteiger charge is -2.30. The summed E-state index contributed by atoms with van der Waals surface area (Å²) in [6, 6.07) is 7.75. The minimum atomic E-state index is -0.0921. The molecular formula is C19H21N3O3. The normalized spacial score (nSPS) is 18.0. The zero-order valence-corrected chi connectivity index (χ0v) is 14.5. The van der Waals surface area contributed by atoms with Gasteiger partial charge in [0.05, 0.1) is 11.6 Å². The number of rotatable bonds is 3. The number of fused-ring (bicyclic) bond motifs is 1. The lowest BCUT2D eigenvalue weighted by Crippen LogP contribution is -2.39. The van der Waals surface area contributed by atoms with Crippen LogP contribution >= 0.6 is 0 Å². The Morgan fingerprint density at radius 1 is 1.28 bits per heavy atom. The number of aromatic nitrogens is 2. The van der Waals surface area contributed by atoms with Crippen LogP contribution in [0.4, 0.5) is 0 Å². The maximum absolute atomic E-state index is 12.8. The molecule has 1 aliphatic rings. The van der Waals surface area contributed by atoms with E-state index < -0.39 is 0 Å². The summed E-state index contributed by atoms with van der Waals surface area (Å²) < 4.78 is 11.5. The number of benzene rings is 1. The Morgan fingerprint density at radius 3 is 2.88 bits per heavy atom. The monoisotopic (exact) mass is 339 g/mol. The number of carbonyl (C=O) groups excluding carboxylic acids is 1. The first-order valence-electron chi connectivity index (χ1n) is 8.76. The minimum Gasteiger partial charge on any atom is -0.440 e. The summed E-state index contributed by atoms with van der Waals surface area (Å²) in [5, 5.41) is 0. The second-order valence-corrected chi connectivity index (χ2v) is 6.49. The second-order valence-electron chi connectivity index (χ2n) is 6.49. The van der Waals surface area contributed by atoms with E-state index in [4.69, 9.17) is 8.83 Å². The van der Waals surface area contributed by atoms with Crippen molar-refractivity contribution in [2.75, 3.05) is 13.1 Å². The lowest BCUT2D eigenvalue weighted by molar-refractivity contribution is 0.0664. The second kappa shape index (κ2) is 6.35. The number of nitrogens with zero attached hydrogens (tertiary/aromatic N) is 3. The number of carbonyl (C=O) groups is 1. The van der Waals surface area contributed by atoms with Crippen LogP contribution in [0, 0.1) is 6.92 Å². The van der Waals surface area contributed by atoms with Gasteiger partial charge in [-0.1, -0.05) is 19.1 Å². The minimum absolute atomic E-state index is 0.0921. The van der Waals surface area contributed by atoms with Crippen molar-refractivity contribution in [1.82, 2.24) is 14.9 Å². The van der Waals surface area contributed by atoms with E-state index in [0.717, 1.165) is 30.5 Å². The van der Waals surface area contributed by atoms with Crippen LogP contribution in [-0.2, 0) is 6.42 Å². The Morgan fingerprint density at radius 2 is 2.12 bits per heavy atom. The van der Waals surface area contributed by atoms with Gasteiger partial charge in [0.2, 0.25) is 5.76 Å². The predicted octanol–water partition coefficient (Wildman–Crippen LogP) is 3.71. The molecule has 6 nitrogen and oxygen atoms in total. The van der Waals surface area contributed by atoms with Crippen LogP contribution in [0.1, 0.15) is 53.7 Å². The molecule has 1 saturated heterocycles. The van der Waals surface area contributed by atoms with Crippen molar-refractivity contribution >= 4 is 17.0 Å². The van der Waals surface area contributed by atoms with Crippen LogP contribution in [0.5, 0.6) is 0 Å². The van der Waals surface area contributed by atoms with Gasteiger partial charge in [0.25, 0.3) is 5.91 Å². The molecular weight excluding hydrogens is 318 g/mol. The molecule has 4 rings (SSSR count). The fourth-order valence-electron chi connectivity index (χ4n) is 3.37. The van der Waals surface area contributed by atoms with Gasteiger partial charge in [0, 0.05) is 19.5 Å². The van der Waals surface area contributed by atoms with Crippen LogP contribution in [0.25, 0.3) is 11.1 Å². The van der Waals surface area contributed by atoms with E-state index in [1.165, 1.54) is 0 Å². The van der Waals surface area contributed by atoms with E-state index in [0.29, 0.717) is 36.2 Å². The van der Waals surface area contributed by atoms with E-state index in [9.17, 15) is 4.79 Å². The molecule has 0 N–H and O–H groups in total. The van der Waals surface area contributed by atoms with Gasteiger partial charge in [0.15, 0.2) is 17.4 Å². The fraction of sp³-hybridized carbons (Fsp3) is 0.421. The van der Waals surface area contributed by atoms with Crippen molar-refractivity contribution < 1.29 is 13.6 Å². The molecule has 0 saturated carbocycles. The first kappa shape index (κ1) is 15.9. The molecule has 1 fully saturated rings. The maximum atomic E-state index is 12.8. The molecule has 6 heteroatoms. The van der Waals surface area contributed by atoms with E-state index >= 15 is 0 Å². The Hall–Kier alpha value is -2.63. The summed E-state index contributed by atoms with van der Waals surface area (Å²) in [4.78, 5) is 23.6. The SMILES string of the molecule is CCc1nc(C)c(C(=O)N2CCC[C@@H](c3nc4ccccc4o3)C2)o1. The molecule has 3 heterocycles. The van der Waals surface area contributed by atoms with Gasteiger partial charge < -0.3 is 13.7 Å². The number of hydrogen-bond acceptors (Lipinski definition) is 5. The molecule has 0 spiro atoms. The van der Waals surface area contributed by atoms with Gasteiger partial charge in [-0.3, -0.25) is 4.79 Å². The standard InChI is InChI=1S/C19H21N3O3/c1-3-16-20-12(2)17(25-16)19(23)22-10-6-7-13(11-22)18-21-14-8-4-5-9-15(14)24-18/h4-5,8-9,13H,3,6-7,10-11H2,1-2H3/t13-/m1/s1. The molecule has 1 aliphatic heterocycles. The van der Waals surface area contributed by atoms with Crippen LogP contribution < -0.4 is 0 Å². The smallest absolute Gasteiger partial charge is 0.291 e. The number of piperidine rings is 1. The predicted molar refractivity (Wildman–Crippen MR) is 92.5 cm³/mol. The number of para-hydroxylation sites is 2. The van der Waals surface area contributed by atoms with Crippen molar-refractivity contribution in [3.63, 3.8) is 0 Å². The maximum Gasteiger partial charge on any atom is 0.291 e. The van der Waals surface area contributed by atoms with Crippen molar-refractivity contribution in [3.05, 3.63) is 47.5 Å². The highest BCUT2D eigenvalue weighted by atomic mass is 16.4. The molecule has 25 heavy (non-hydrogen) atoms. The largest absolute Gasteiger partial charge is 0.440 e. The molecule has 1 amide bonds. The molecule has 0 radical (unpaired) electrons. The molecule has 2 aromatic heterocycles. The topological polar surface area (TPSA) is 72.4 Å². The summed E-state index contributed by atoms with van der Waals surface area (Å²) in [6.45, 7) is 5.09. The third-order valence-corrected chi connectivity index (χ3v) is 4.71. The third kappa shape index (κ3) is 2.92. The first-order valence-corrected chi connectivity index (χ1v) is 8.76. The molecule has 0 aliphatic carbocycles. The fourth-order valence-corrected chi connectivity index (χ4v) is 3.37. The van der Waals surface area contributed by atoms with Crippen molar-refractivity contribution in [2.45, 2.75) is 39.0 Å². The average molecular weight is 339 g/mol. The highest BCUT2D eigenvalue weighted by Gasteiger charge is 2.31. The highest BCUT2D eigenvalue weighted by molar-refractivity contribution is 5.92. The first-order chi connectivity index (χ1) is 12.2. The summed E-state index contributed by atoms with van der Waals surface area (Å²) in [7, 11) is 0. The zero-order chi connectivity index (χ0) is 17.4. The van der Waals surface area contributed by atoms with Gasteiger partial charge in [0.1, 0.15) is 5.52 Å². The number of aryl methyl sites for hydroxylation is 2. The van der Waals surface area contributed by atoms with E-state index in [1.807, 2.05) is 43.0 Å². The summed E-state index contributed by atoms with van der Waals surface area (Å²) >= 11 is 0. The Kier molecular flexibility index (Phi) is 4.03. The van der Waals surface area contributed by atoms with E-state index in [-0.39, 0.29) is 11.8 Å². The summed E-state index contributed by atoms with van der Waals surface area (Å²) in [5.74, 6) is 1.69. The number of hydrogen-bond donors (Lipinski definition) is 0. The quantitative estimate of drug-likeness (QED) is 0.727. The van der Waals surface area contributed by atoms with Crippen molar-refractivity contribution in [1.29, 1.82) is 0 Å². The molecule has 1 atom stereocenters. The Bertz CT molecular complexity index is 879. The summed E-state index contributed by atoms with van der Waals surface area (Å²) in [5.41, 5.74) is 2.31. The van der Waals surface area contributed by atoms with Gasteiger partial charge in [-0.25, -0.2) is 9.97 Å². The van der Waals surface area contributed by atoms with Crippen molar-refractivity contribution in [2.24, 2.45) is 0 Å². The van der Waals surface area contributed by atoms with Gasteiger partial charge in [-0.05, 0) is 31.9 Å². The number of likely N-dealkylation sites (tertiary alicyclic amines) is 1. The van der Waals surface area contributed by atoms with Crippen LogP contribution in [0.2, 0.25) is 0 Å². The Balaban J connectivity index is 1.55. The van der Waals surface area contributed by atoms with Crippen LogP contribution in [0.3, 0.4) is 0 Å². The molecule has 0 bridgehead atoms. The number of oxazole rings is 2. The third-order valence-electron chi connectivity index (χ3n) is 4.71. The summed E-state index contributed by atoms with van der Waals surface area (Å²) in [6.07, 6.45) is 2.56. The molecule has 130 valence electrons. The number of amides is 1. The van der Waals surface area contributed by atoms with Crippen LogP contribution in [0.15, 0.2) is 33.1 Å². The molecule has 0 unspecified atom stereocenters. The zero-order valence-electron chi connectivity index (χ0n) is 14.5. The highest BCUT2D eigenvalue weighted by Crippen LogP contribution is 2.30.